The van der Waals surface area contributed by atoms with E-state index >= 15 is 0 Å². The van der Waals surface area contributed by atoms with Gasteiger partial charge in [0.15, 0.2) is 5.13 Å². The molecule has 168 valence electrons. The first kappa shape index (κ1) is 22.5. The molecule has 2 aliphatic rings. The number of benzene rings is 1. The standard InChI is InChI=1S/C26H36N2O2S/c1-25(2)11-12-26(3,4)21-16-19(7-8-20(21)25)22-17-31-24(27-22)28-13-9-18(10-14-28)23(30)6-5-15-29/h7-8,16-18,29H,5-6,9-15H2,1-4H3. The largest absolute Gasteiger partial charge is 0.396 e. The highest BCUT2D eigenvalue weighted by molar-refractivity contribution is 7.14. The summed E-state index contributed by atoms with van der Waals surface area (Å²) in [5, 5.41) is 12.2. The van der Waals surface area contributed by atoms with Gasteiger partial charge in [-0.1, -0.05) is 39.8 Å². The average Bonchev–Trinajstić information content (AvgIpc) is 3.25. The molecule has 2 heterocycles. The Bertz CT molecular complexity index is 939. The van der Waals surface area contributed by atoms with Crippen molar-refractivity contribution in [3.05, 3.63) is 34.7 Å². The third-order valence-corrected chi connectivity index (χ3v) is 8.34. The number of aromatic nitrogens is 1. The van der Waals surface area contributed by atoms with Crippen LogP contribution in [0.3, 0.4) is 0 Å². The first-order chi connectivity index (χ1) is 14.7. The van der Waals surface area contributed by atoms with Crippen LogP contribution in [0.25, 0.3) is 11.3 Å². The number of hydrogen-bond donors (Lipinski definition) is 1. The Kier molecular flexibility index (Phi) is 6.28. The summed E-state index contributed by atoms with van der Waals surface area (Å²) in [6.45, 7) is 11.3. The summed E-state index contributed by atoms with van der Waals surface area (Å²) in [6, 6.07) is 6.95. The Morgan fingerprint density at radius 2 is 1.81 bits per heavy atom. The highest BCUT2D eigenvalue weighted by atomic mass is 32.1. The molecule has 1 aliphatic carbocycles. The molecule has 1 aromatic carbocycles. The monoisotopic (exact) mass is 440 g/mol. The van der Waals surface area contributed by atoms with E-state index in [1.54, 1.807) is 11.3 Å². The number of anilines is 1. The van der Waals surface area contributed by atoms with Gasteiger partial charge in [-0.2, -0.15) is 0 Å². The summed E-state index contributed by atoms with van der Waals surface area (Å²) < 4.78 is 0. The van der Waals surface area contributed by atoms with Crippen molar-refractivity contribution in [3.8, 4) is 11.3 Å². The Hall–Kier alpha value is -1.72. The number of hydrogen-bond acceptors (Lipinski definition) is 5. The van der Waals surface area contributed by atoms with Crippen molar-refractivity contribution in [2.45, 2.75) is 77.0 Å². The minimum absolute atomic E-state index is 0.101. The molecule has 1 saturated heterocycles. The lowest BCUT2D eigenvalue weighted by molar-refractivity contribution is -0.123. The topological polar surface area (TPSA) is 53.4 Å². The van der Waals surface area contributed by atoms with E-state index in [2.05, 4.69) is 56.2 Å². The summed E-state index contributed by atoms with van der Waals surface area (Å²) in [4.78, 5) is 19.6. The fourth-order valence-corrected chi connectivity index (χ4v) is 6.03. The number of piperidine rings is 1. The zero-order valence-corrected chi connectivity index (χ0v) is 20.2. The van der Waals surface area contributed by atoms with Gasteiger partial charge in [-0.3, -0.25) is 4.79 Å². The molecule has 31 heavy (non-hydrogen) atoms. The van der Waals surface area contributed by atoms with Crippen molar-refractivity contribution >= 4 is 22.3 Å². The van der Waals surface area contributed by atoms with Gasteiger partial charge in [0, 0.05) is 43.0 Å². The first-order valence-electron chi connectivity index (χ1n) is 11.7. The number of aliphatic hydroxyl groups is 1. The molecule has 1 fully saturated rings. The molecule has 0 bridgehead atoms. The highest BCUT2D eigenvalue weighted by Gasteiger charge is 2.37. The molecule has 4 nitrogen and oxygen atoms in total. The van der Waals surface area contributed by atoms with Gasteiger partial charge >= 0.3 is 0 Å². The van der Waals surface area contributed by atoms with Crippen LogP contribution in [0.4, 0.5) is 5.13 Å². The zero-order chi connectivity index (χ0) is 22.2. The van der Waals surface area contributed by atoms with E-state index in [4.69, 9.17) is 10.1 Å². The molecule has 2 aromatic rings. The van der Waals surface area contributed by atoms with Crippen LogP contribution >= 0.6 is 11.3 Å². The van der Waals surface area contributed by atoms with Crippen LogP contribution in [0, 0.1) is 5.92 Å². The molecule has 1 aliphatic heterocycles. The van der Waals surface area contributed by atoms with Crippen molar-refractivity contribution in [3.63, 3.8) is 0 Å². The van der Waals surface area contributed by atoms with Gasteiger partial charge in [0.25, 0.3) is 0 Å². The quantitative estimate of drug-likeness (QED) is 0.624. The second-order valence-corrected chi connectivity index (χ2v) is 11.4. The average molecular weight is 441 g/mol. The van der Waals surface area contributed by atoms with Crippen LogP contribution < -0.4 is 4.90 Å². The summed E-state index contributed by atoms with van der Waals surface area (Å²) in [5.41, 5.74) is 5.65. The summed E-state index contributed by atoms with van der Waals surface area (Å²) in [5.74, 6) is 0.460. The molecule has 0 atom stereocenters. The van der Waals surface area contributed by atoms with E-state index in [1.165, 1.54) is 29.5 Å². The first-order valence-corrected chi connectivity index (χ1v) is 12.6. The number of carbonyl (C=O) groups excluding carboxylic acids is 1. The second kappa shape index (κ2) is 8.67. The number of ketones is 1. The Balaban J connectivity index is 1.48. The van der Waals surface area contributed by atoms with Crippen molar-refractivity contribution in [2.75, 3.05) is 24.6 Å². The fourth-order valence-electron chi connectivity index (χ4n) is 5.14. The predicted molar refractivity (Wildman–Crippen MR) is 129 cm³/mol. The van der Waals surface area contributed by atoms with Crippen LogP contribution in [0.2, 0.25) is 0 Å². The molecule has 1 N–H and O–H groups in total. The number of nitrogens with zero attached hydrogens (tertiary/aromatic N) is 2. The van der Waals surface area contributed by atoms with Crippen molar-refractivity contribution in [1.82, 2.24) is 4.98 Å². The number of rotatable bonds is 6. The van der Waals surface area contributed by atoms with Crippen LogP contribution in [-0.2, 0) is 15.6 Å². The number of carbonyl (C=O) groups is 1. The molecular formula is C26H36N2O2S. The van der Waals surface area contributed by atoms with Crippen LogP contribution in [0.15, 0.2) is 23.6 Å². The molecule has 1 aromatic heterocycles. The van der Waals surface area contributed by atoms with E-state index in [1.807, 2.05) is 0 Å². The van der Waals surface area contributed by atoms with Gasteiger partial charge in [-0.15, -0.1) is 11.3 Å². The highest BCUT2D eigenvalue weighted by Crippen LogP contribution is 2.47. The van der Waals surface area contributed by atoms with Gasteiger partial charge in [-0.05, 0) is 60.1 Å². The van der Waals surface area contributed by atoms with Crippen LogP contribution in [-0.4, -0.2) is 35.6 Å². The lowest BCUT2D eigenvalue weighted by Gasteiger charge is -2.42. The van der Waals surface area contributed by atoms with Crippen molar-refractivity contribution < 1.29 is 9.90 Å². The summed E-state index contributed by atoms with van der Waals surface area (Å²) >= 11 is 1.71. The third kappa shape index (κ3) is 4.58. The Morgan fingerprint density at radius 3 is 2.48 bits per heavy atom. The Labute approximate surface area is 190 Å². The number of fused-ring (bicyclic) bond motifs is 1. The molecule has 5 heteroatoms. The number of aliphatic hydroxyl groups excluding tert-OH is 1. The molecule has 0 unspecified atom stereocenters. The summed E-state index contributed by atoms with van der Waals surface area (Å²) in [7, 11) is 0. The van der Waals surface area contributed by atoms with Gasteiger partial charge in [0.05, 0.1) is 5.69 Å². The van der Waals surface area contributed by atoms with E-state index in [0.717, 1.165) is 36.8 Å². The van der Waals surface area contributed by atoms with Crippen molar-refractivity contribution in [1.29, 1.82) is 0 Å². The van der Waals surface area contributed by atoms with E-state index in [-0.39, 0.29) is 23.4 Å². The molecular weight excluding hydrogens is 404 g/mol. The lowest BCUT2D eigenvalue weighted by atomic mass is 9.63. The molecule has 0 amide bonds. The zero-order valence-electron chi connectivity index (χ0n) is 19.4. The maximum absolute atomic E-state index is 12.3. The van der Waals surface area contributed by atoms with E-state index < -0.39 is 0 Å². The normalized spacial score (nSPS) is 20.5. The lowest BCUT2D eigenvalue weighted by Crippen LogP contribution is -2.36. The molecule has 0 spiro atoms. The van der Waals surface area contributed by atoms with Gasteiger partial charge in [0.1, 0.15) is 5.78 Å². The minimum atomic E-state index is 0.101. The molecule has 0 saturated carbocycles. The fraction of sp³-hybridized carbons (Fsp3) is 0.615. The predicted octanol–water partition coefficient (Wildman–Crippen LogP) is 5.72. The molecule has 4 rings (SSSR count). The van der Waals surface area contributed by atoms with E-state index in [9.17, 15) is 4.79 Å². The second-order valence-electron chi connectivity index (χ2n) is 10.6. The summed E-state index contributed by atoms with van der Waals surface area (Å²) in [6.07, 6.45) is 5.32. The van der Waals surface area contributed by atoms with Crippen LogP contribution in [0.5, 0.6) is 0 Å². The molecule has 0 radical (unpaired) electrons. The van der Waals surface area contributed by atoms with Crippen LogP contribution in [0.1, 0.15) is 77.3 Å². The third-order valence-electron chi connectivity index (χ3n) is 7.44. The number of Topliss-reactive ketones (excluding diaryl/α,β-unsaturated/α-hetero) is 1. The Morgan fingerprint density at radius 1 is 1.13 bits per heavy atom. The van der Waals surface area contributed by atoms with Gasteiger partial charge in [-0.25, -0.2) is 4.98 Å². The van der Waals surface area contributed by atoms with E-state index in [0.29, 0.717) is 18.6 Å². The SMILES string of the molecule is CC1(C)CCC(C)(C)c2cc(-c3csc(N4CCC(C(=O)CCCO)CC4)n3)ccc21. The smallest absolute Gasteiger partial charge is 0.185 e. The van der Waals surface area contributed by atoms with Gasteiger partial charge in [0.2, 0.25) is 0 Å². The number of thiazole rings is 1. The maximum atomic E-state index is 12.3. The minimum Gasteiger partial charge on any atom is -0.396 e. The van der Waals surface area contributed by atoms with Gasteiger partial charge < -0.3 is 10.0 Å². The maximum Gasteiger partial charge on any atom is 0.185 e. The van der Waals surface area contributed by atoms with Crippen molar-refractivity contribution in [2.24, 2.45) is 5.92 Å².